The van der Waals surface area contributed by atoms with E-state index in [9.17, 15) is 8.78 Å². The molecule has 0 bridgehead atoms. The fraction of sp³-hybridized carbons (Fsp3) is 0. The van der Waals surface area contributed by atoms with Crippen LogP contribution in [0.2, 0.25) is 0 Å². The molecule has 0 radical (unpaired) electrons. The molecule has 0 atom stereocenters. The molecule has 2 aromatic rings. The fourth-order valence-corrected chi connectivity index (χ4v) is 1.10. The first kappa shape index (κ1) is 7.09. The van der Waals surface area contributed by atoms with Crippen molar-refractivity contribution in [1.29, 1.82) is 0 Å². The summed E-state index contributed by atoms with van der Waals surface area (Å²) in [7, 11) is 0. The smallest absolute Gasteiger partial charge is 0.166 e. The maximum atomic E-state index is 12.8. The Balaban J connectivity index is 2.87. The third-order valence-electron chi connectivity index (χ3n) is 1.70. The SMILES string of the molecule is Oc1cc2c(F)c[nH]c2cc1F. The van der Waals surface area contributed by atoms with Crippen LogP contribution in [0.5, 0.6) is 5.75 Å². The van der Waals surface area contributed by atoms with Crippen LogP contribution < -0.4 is 0 Å². The van der Waals surface area contributed by atoms with Gasteiger partial charge in [-0.15, -0.1) is 0 Å². The molecule has 1 aromatic heterocycles. The summed E-state index contributed by atoms with van der Waals surface area (Å²) in [6.07, 6.45) is 1.11. The highest BCUT2D eigenvalue weighted by Crippen LogP contribution is 2.24. The molecule has 0 fully saturated rings. The van der Waals surface area contributed by atoms with Crippen LogP contribution in [0.1, 0.15) is 0 Å². The highest BCUT2D eigenvalue weighted by atomic mass is 19.1. The molecule has 0 aliphatic carbocycles. The van der Waals surface area contributed by atoms with Gasteiger partial charge in [-0.2, -0.15) is 0 Å². The fourth-order valence-electron chi connectivity index (χ4n) is 1.10. The van der Waals surface area contributed by atoms with Crippen molar-refractivity contribution >= 4 is 10.9 Å². The third-order valence-corrected chi connectivity index (χ3v) is 1.70. The number of benzene rings is 1. The van der Waals surface area contributed by atoms with Crippen LogP contribution in [0, 0.1) is 11.6 Å². The van der Waals surface area contributed by atoms with Gasteiger partial charge in [0.1, 0.15) is 5.82 Å². The van der Waals surface area contributed by atoms with Crippen LogP contribution in [-0.2, 0) is 0 Å². The first-order valence-electron chi connectivity index (χ1n) is 3.33. The van der Waals surface area contributed by atoms with E-state index < -0.39 is 17.4 Å². The summed E-state index contributed by atoms with van der Waals surface area (Å²) >= 11 is 0. The maximum Gasteiger partial charge on any atom is 0.166 e. The number of hydrogen-bond acceptors (Lipinski definition) is 1. The van der Waals surface area contributed by atoms with E-state index in [1.807, 2.05) is 0 Å². The zero-order valence-electron chi connectivity index (χ0n) is 5.94. The molecule has 0 aliphatic heterocycles. The van der Waals surface area contributed by atoms with Gasteiger partial charge in [-0.05, 0) is 6.07 Å². The average molecular weight is 169 g/mol. The van der Waals surface area contributed by atoms with Crippen LogP contribution in [-0.4, -0.2) is 10.1 Å². The zero-order valence-corrected chi connectivity index (χ0v) is 5.94. The quantitative estimate of drug-likeness (QED) is 0.622. The van der Waals surface area contributed by atoms with Gasteiger partial charge in [-0.25, -0.2) is 8.78 Å². The lowest BCUT2D eigenvalue weighted by Gasteiger charge is -1.94. The second kappa shape index (κ2) is 2.20. The Bertz CT molecular complexity index is 436. The van der Waals surface area contributed by atoms with Gasteiger partial charge in [0.25, 0.3) is 0 Å². The molecule has 1 heterocycles. The van der Waals surface area contributed by atoms with Gasteiger partial charge in [-0.3, -0.25) is 0 Å². The van der Waals surface area contributed by atoms with Crippen LogP contribution in [0.3, 0.4) is 0 Å². The first-order valence-corrected chi connectivity index (χ1v) is 3.33. The summed E-state index contributed by atoms with van der Waals surface area (Å²) < 4.78 is 25.5. The molecule has 2 rings (SSSR count). The highest BCUT2D eigenvalue weighted by molar-refractivity contribution is 5.81. The molecule has 0 amide bonds. The van der Waals surface area contributed by atoms with Gasteiger partial charge in [0.05, 0.1) is 5.52 Å². The second-order valence-electron chi connectivity index (χ2n) is 2.49. The van der Waals surface area contributed by atoms with E-state index in [1.54, 1.807) is 0 Å². The predicted molar refractivity (Wildman–Crippen MR) is 39.9 cm³/mol. The predicted octanol–water partition coefficient (Wildman–Crippen LogP) is 2.15. The van der Waals surface area contributed by atoms with Crippen molar-refractivity contribution in [1.82, 2.24) is 4.98 Å². The van der Waals surface area contributed by atoms with Gasteiger partial charge in [0.2, 0.25) is 0 Å². The Kier molecular flexibility index (Phi) is 1.30. The molecule has 0 aliphatic rings. The zero-order chi connectivity index (χ0) is 8.72. The second-order valence-corrected chi connectivity index (χ2v) is 2.49. The lowest BCUT2D eigenvalue weighted by atomic mass is 10.2. The van der Waals surface area contributed by atoms with Crippen molar-refractivity contribution in [3.05, 3.63) is 30.0 Å². The number of H-pyrrole nitrogens is 1. The number of nitrogens with one attached hydrogen (secondary N) is 1. The molecule has 0 saturated heterocycles. The van der Waals surface area contributed by atoms with E-state index in [-0.39, 0.29) is 5.39 Å². The minimum Gasteiger partial charge on any atom is -0.505 e. The van der Waals surface area contributed by atoms with Crippen molar-refractivity contribution < 1.29 is 13.9 Å². The van der Waals surface area contributed by atoms with E-state index in [4.69, 9.17) is 5.11 Å². The summed E-state index contributed by atoms with van der Waals surface area (Å²) in [6.45, 7) is 0. The Labute approximate surface area is 66.4 Å². The molecule has 2 N–H and O–H groups in total. The number of rotatable bonds is 0. The normalized spacial score (nSPS) is 10.8. The van der Waals surface area contributed by atoms with E-state index >= 15 is 0 Å². The number of hydrogen-bond donors (Lipinski definition) is 2. The van der Waals surface area contributed by atoms with E-state index in [0.29, 0.717) is 5.52 Å². The Morgan fingerprint density at radius 1 is 1.17 bits per heavy atom. The molecule has 12 heavy (non-hydrogen) atoms. The van der Waals surface area contributed by atoms with Crippen LogP contribution in [0.25, 0.3) is 10.9 Å². The van der Waals surface area contributed by atoms with Gasteiger partial charge in [0.15, 0.2) is 11.6 Å². The third kappa shape index (κ3) is 0.845. The van der Waals surface area contributed by atoms with Gasteiger partial charge < -0.3 is 10.1 Å². The van der Waals surface area contributed by atoms with Gasteiger partial charge in [0, 0.05) is 17.6 Å². The monoisotopic (exact) mass is 169 g/mol. The van der Waals surface area contributed by atoms with Crippen molar-refractivity contribution in [3.8, 4) is 5.75 Å². The molecule has 0 spiro atoms. The summed E-state index contributed by atoms with van der Waals surface area (Å²) in [5.74, 6) is -1.80. The first-order chi connectivity index (χ1) is 5.68. The molecule has 62 valence electrons. The number of fused-ring (bicyclic) bond motifs is 1. The maximum absolute atomic E-state index is 12.8. The topological polar surface area (TPSA) is 36.0 Å². The summed E-state index contributed by atoms with van der Waals surface area (Å²) in [5.41, 5.74) is 0.336. The Morgan fingerprint density at radius 3 is 2.67 bits per heavy atom. The van der Waals surface area contributed by atoms with Crippen LogP contribution in [0.15, 0.2) is 18.3 Å². The van der Waals surface area contributed by atoms with E-state index in [1.165, 1.54) is 0 Å². The number of halogens is 2. The molecule has 2 nitrogen and oxygen atoms in total. The number of aromatic nitrogens is 1. The number of aromatic amines is 1. The van der Waals surface area contributed by atoms with Crippen LogP contribution in [0.4, 0.5) is 8.78 Å². The number of phenolic OH excluding ortho intramolecular Hbond substituents is 1. The largest absolute Gasteiger partial charge is 0.505 e. The van der Waals surface area contributed by atoms with Crippen LogP contribution >= 0.6 is 0 Å². The molecule has 0 saturated carbocycles. The van der Waals surface area contributed by atoms with E-state index in [2.05, 4.69) is 4.98 Å². The Hall–Kier alpha value is -1.58. The molecule has 0 unspecified atom stereocenters. The molecular weight excluding hydrogens is 164 g/mol. The minimum atomic E-state index is -0.760. The van der Waals surface area contributed by atoms with E-state index in [0.717, 1.165) is 18.3 Å². The highest BCUT2D eigenvalue weighted by Gasteiger charge is 2.07. The number of phenols is 1. The average Bonchev–Trinajstić information content (AvgIpc) is 2.35. The summed E-state index contributed by atoms with van der Waals surface area (Å²) in [5, 5.41) is 9.09. The number of aromatic hydroxyl groups is 1. The Morgan fingerprint density at radius 2 is 1.92 bits per heavy atom. The van der Waals surface area contributed by atoms with Crippen molar-refractivity contribution in [2.24, 2.45) is 0 Å². The summed E-state index contributed by atoms with van der Waals surface area (Å²) in [6, 6.07) is 2.10. The van der Waals surface area contributed by atoms with Crippen molar-refractivity contribution in [3.63, 3.8) is 0 Å². The standard InChI is InChI=1S/C8H5F2NO/c9-5-2-7-4(1-8(5)12)6(10)3-11-7/h1-3,11-12H. The molecule has 1 aromatic carbocycles. The van der Waals surface area contributed by atoms with Crippen molar-refractivity contribution in [2.45, 2.75) is 0 Å². The molecule has 4 heteroatoms. The lowest BCUT2D eigenvalue weighted by Crippen LogP contribution is -1.76. The molecular formula is C8H5F2NO. The minimum absolute atomic E-state index is 0.189. The lowest BCUT2D eigenvalue weighted by molar-refractivity contribution is 0.433. The van der Waals surface area contributed by atoms with Crippen molar-refractivity contribution in [2.75, 3.05) is 0 Å². The van der Waals surface area contributed by atoms with Gasteiger partial charge >= 0.3 is 0 Å². The van der Waals surface area contributed by atoms with Gasteiger partial charge in [-0.1, -0.05) is 0 Å². The summed E-state index contributed by atoms with van der Waals surface area (Å²) in [4.78, 5) is 2.53.